The topological polar surface area (TPSA) is 109 Å². The number of hydrogen-bond donors (Lipinski definition) is 3. The molecule has 4 rings (SSSR count). The standard InChI is InChI=1S/C20H19N5O3/c1-28-13-7-8-16-14(9-13)15(10-18(26)22-16)20(27)21-11-17-23-19(25-24-17)12-5-3-2-4-6-12/h2-9,15H,10-11H2,1H3,(H,21,27)(H,22,26)(H,23,24,25)/t15-/m1/s1. The molecule has 2 heterocycles. The minimum Gasteiger partial charge on any atom is -0.497 e. The van der Waals surface area contributed by atoms with Crippen molar-refractivity contribution in [2.45, 2.75) is 18.9 Å². The van der Waals surface area contributed by atoms with Gasteiger partial charge in [-0.2, -0.15) is 5.10 Å². The van der Waals surface area contributed by atoms with E-state index in [2.05, 4.69) is 25.8 Å². The number of H-pyrrole nitrogens is 1. The number of amides is 2. The maximum atomic E-state index is 12.8. The van der Waals surface area contributed by atoms with Gasteiger partial charge in [-0.15, -0.1) is 0 Å². The largest absolute Gasteiger partial charge is 0.497 e. The van der Waals surface area contributed by atoms with Gasteiger partial charge in [-0.05, 0) is 23.8 Å². The first-order chi connectivity index (χ1) is 13.6. The van der Waals surface area contributed by atoms with Crippen LogP contribution in [0, 0.1) is 0 Å². The van der Waals surface area contributed by atoms with Gasteiger partial charge in [0.1, 0.15) is 11.6 Å². The molecule has 1 atom stereocenters. The molecule has 0 aliphatic carbocycles. The summed E-state index contributed by atoms with van der Waals surface area (Å²) in [5, 5.41) is 12.6. The number of anilines is 1. The van der Waals surface area contributed by atoms with E-state index in [0.29, 0.717) is 23.1 Å². The smallest absolute Gasteiger partial charge is 0.228 e. The van der Waals surface area contributed by atoms with Crippen LogP contribution in [0.3, 0.4) is 0 Å². The first-order valence-corrected chi connectivity index (χ1v) is 8.86. The highest BCUT2D eigenvalue weighted by Gasteiger charge is 2.31. The highest BCUT2D eigenvalue weighted by Crippen LogP contribution is 2.35. The molecule has 0 saturated carbocycles. The average molecular weight is 377 g/mol. The van der Waals surface area contributed by atoms with Crippen molar-refractivity contribution in [1.82, 2.24) is 20.5 Å². The quantitative estimate of drug-likeness (QED) is 0.632. The molecule has 0 spiro atoms. The molecule has 0 fully saturated rings. The van der Waals surface area contributed by atoms with Crippen LogP contribution in [0.25, 0.3) is 11.4 Å². The Morgan fingerprint density at radius 2 is 2.07 bits per heavy atom. The molecule has 3 aromatic rings. The molecule has 1 aliphatic heterocycles. The number of nitrogens with zero attached hydrogens (tertiary/aromatic N) is 2. The number of fused-ring (bicyclic) bond motifs is 1. The number of ether oxygens (including phenoxy) is 1. The van der Waals surface area contributed by atoms with Crippen LogP contribution in [0.5, 0.6) is 5.75 Å². The molecule has 142 valence electrons. The Morgan fingerprint density at radius 3 is 2.86 bits per heavy atom. The minimum absolute atomic E-state index is 0.0810. The summed E-state index contributed by atoms with van der Waals surface area (Å²) >= 11 is 0. The molecular weight excluding hydrogens is 358 g/mol. The predicted molar refractivity (Wildman–Crippen MR) is 103 cm³/mol. The van der Waals surface area contributed by atoms with Gasteiger partial charge in [0.2, 0.25) is 11.8 Å². The number of hydrogen-bond acceptors (Lipinski definition) is 5. The zero-order valence-corrected chi connectivity index (χ0v) is 15.2. The Bertz CT molecular complexity index is 1020. The van der Waals surface area contributed by atoms with Crippen LogP contribution in [0.15, 0.2) is 48.5 Å². The van der Waals surface area contributed by atoms with E-state index >= 15 is 0 Å². The van der Waals surface area contributed by atoms with Crippen molar-refractivity contribution in [1.29, 1.82) is 0 Å². The van der Waals surface area contributed by atoms with Crippen LogP contribution < -0.4 is 15.4 Å². The van der Waals surface area contributed by atoms with Gasteiger partial charge in [-0.25, -0.2) is 4.98 Å². The summed E-state index contributed by atoms with van der Waals surface area (Å²) in [6.45, 7) is 0.191. The monoisotopic (exact) mass is 377 g/mol. The fraction of sp³-hybridized carbons (Fsp3) is 0.200. The van der Waals surface area contributed by atoms with E-state index in [1.165, 1.54) is 0 Å². The molecule has 0 unspecified atom stereocenters. The molecular formula is C20H19N5O3. The van der Waals surface area contributed by atoms with Gasteiger partial charge in [0.25, 0.3) is 0 Å². The number of carbonyl (C=O) groups excluding carboxylic acids is 2. The lowest BCUT2D eigenvalue weighted by molar-refractivity contribution is -0.126. The molecule has 1 aliphatic rings. The van der Waals surface area contributed by atoms with Crippen molar-refractivity contribution in [2.24, 2.45) is 0 Å². The lowest BCUT2D eigenvalue weighted by atomic mass is 9.89. The molecule has 0 saturated heterocycles. The molecule has 0 bridgehead atoms. The molecule has 3 N–H and O–H groups in total. The van der Waals surface area contributed by atoms with Gasteiger partial charge in [0, 0.05) is 17.7 Å². The van der Waals surface area contributed by atoms with E-state index in [-0.39, 0.29) is 24.8 Å². The lowest BCUT2D eigenvalue weighted by Crippen LogP contribution is -2.35. The summed E-state index contributed by atoms with van der Waals surface area (Å²) in [4.78, 5) is 29.1. The molecule has 8 nitrogen and oxygen atoms in total. The second-order valence-corrected chi connectivity index (χ2v) is 6.45. The van der Waals surface area contributed by atoms with Crippen LogP contribution in [0.4, 0.5) is 5.69 Å². The maximum Gasteiger partial charge on any atom is 0.228 e. The highest BCUT2D eigenvalue weighted by molar-refractivity contribution is 6.01. The summed E-state index contributed by atoms with van der Waals surface area (Å²) in [5.74, 6) is 0.715. The van der Waals surface area contributed by atoms with Gasteiger partial charge in [0.15, 0.2) is 5.82 Å². The SMILES string of the molecule is COc1ccc2c(c1)[C@H](C(=O)NCc1nc(-c3ccccc3)n[nH]1)CC(=O)N2. The normalized spacial score (nSPS) is 15.5. The molecule has 2 amide bonds. The summed E-state index contributed by atoms with van der Waals surface area (Å²) in [6, 6.07) is 14.8. The van der Waals surface area contributed by atoms with Crippen molar-refractivity contribution in [3.8, 4) is 17.1 Å². The molecule has 0 radical (unpaired) electrons. The van der Waals surface area contributed by atoms with E-state index in [0.717, 1.165) is 11.1 Å². The first kappa shape index (κ1) is 17.7. The second-order valence-electron chi connectivity index (χ2n) is 6.45. The van der Waals surface area contributed by atoms with E-state index in [9.17, 15) is 9.59 Å². The van der Waals surface area contributed by atoms with E-state index in [1.54, 1.807) is 25.3 Å². The van der Waals surface area contributed by atoms with Gasteiger partial charge < -0.3 is 15.4 Å². The number of benzene rings is 2. The summed E-state index contributed by atoms with van der Waals surface area (Å²) in [5.41, 5.74) is 2.25. The van der Waals surface area contributed by atoms with E-state index in [4.69, 9.17) is 4.74 Å². The van der Waals surface area contributed by atoms with Crippen molar-refractivity contribution >= 4 is 17.5 Å². The molecule has 1 aromatic heterocycles. The second kappa shape index (κ2) is 7.51. The van der Waals surface area contributed by atoms with E-state index in [1.807, 2.05) is 30.3 Å². The maximum absolute atomic E-state index is 12.8. The number of rotatable bonds is 5. The number of nitrogens with one attached hydrogen (secondary N) is 3. The number of methoxy groups -OCH3 is 1. The minimum atomic E-state index is -0.588. The van der Waals surface area contributed by atoms with Crippen LogP contribution >= 0.6 is 0 Å². The third-order valence-corrected chi connectivity index (χ3v) is 4.61. The fourth-order valence-corrected chi connectivity index (χ4v) is 3.19. The lowest BCUT2D eigenvalue weighted by Gasteiger charge is -2.25. The summed E-state index contributed by atoms with van der Waals surface area (Å²) < 4.78 is 5.24. The molecule has 28 heavy (non-hydrogen) atoms. The third-order valence-electron chi connectivity index (χ3n) is 4.61. The Labute approximate surface area is 161 Å². The molecule has 8 heteroatoms. The van der Waals surface area contributed by atoms with Crippen LogP contribution in [-0.4, -0.2) is 34.1 Å². The van der Waals surface area contributed by atoms with Crippen molar-refractivity contribution in [3.63, 3.8) is 0 Å². The van der Waals surface area contributed by atoms with E-state index < -0.39 is 5.92 Å². The van der Waals surface area contributed by atoms with Gasteiger partial charge >= 0.3 is 0 Å². The summed E-state index contributed by atoms with van der Waals surface area (Å²) in [6.07, 6.45) is 0.0810. The number of carbonyl (C=O) groups is 2. The zero-order chi connectivity index (χ0) is 19.5. The molecule has 2 aromatic carbocycles. The Hall–Kier alpha value is -3.68. The van der Waals surface area contributed by atoms with Gasteiger partial charge in [-0.3, -0.25) is 14.7 Å². The Kier molecular flexibility index (Phi) is 4.76. The van der Waals surface area contributed by atoms with Crippen LogP contribution in [0.1, 0.15) is 23.7 Å². The number of aromatic nitrogens is 3. The Balaban J connectivity index is 1.47. The fourth-order valence-electron chi connectivity index (χ4n) is 3.19. The van der Waals surface area contributed by atoms with Gasteiger partial charge in [0.05, 0.1) is 19.6 Å². The van der Waals surface area contributed by atoms with Gasteiger partial charge in [-0.1, -0.05) is 30.3 Å². The van der Waals surface area contributed by atoms with Crippen molar-refractivity contribution in [3.05, 3.63) is 59.9 Å². The van der Waals surface area contributed by atoms with Crippen LogP contribution in [0.2, 0.25) is 0 Å². The predicted octanol–water partition coefficient (Wildman–Crippen LogP) is 2.22. The Morgan fingerprint density at radius 1 is 1.25 bits per heavy atom. The van der Waals surface area contributed by atoms with Crippen molar-refractivity contribution < 1.29 is 14.3 Å². The van der Waals surface area contributed by atoms with Crippen LogP contribution in [-0.2, 0) is 16.1 Å². The zero-order valence-electron chi connectivity index (χ0n) is 15.2. The third kappa shape index (κ3) is 3.57. The average Bonchev–Trinajstić information content (AvgIpc) is 3.21. The number of aromatic amines is 1. The summed E-state index contributed by atoms with van der Waals surface area (Å²) in [7, 11) is 1.56. The highest BCUT2D eigenvalue weighted by atomic mass is 16.5. The first-order valence-electron chi connectivity index (χ1n) is 8.86. The van der Waals surface area contributed by atoms with Crippen molar-refractivity contribution in [2.75, 3.05) is 12.4 Å².